The molecule has 2 aliphatic rings. The van der Waals surface area contributed by atoms with Crippen LogP contribution in [-0.2, 0) is 0 Å². The van der Waals surface area contributed by atoms with E-state index in [1.165, 1.54) is 12.8 Å². The quantitative estimate of drug-likeness (QED) is 0.836. The molecule has 0 bridgehead atoms. The fraction of sp³-hybridized carbons (Fsp3) is 0.500. The molecule has 5 heteroatoms. The summed E-state index contributed by atoms with van der Waals surface area (Å²) in [5.74, 6) is -0.0400. The summed E-state index contributed by atoms with van der Waals surface area (Å²) in [6, 6.07) is 6.36. The predicted molar refractivity (Wildman–Crippen MR) is 79.0 cm³/mol. The first kappa shape index (κ1) is 12.9. The van der Waals surface area contributed by atoms with Crippen molar-refractivity contribution in [2.24, 2.45) is 0 Å². The molecule has 1 atom stereocenters. The van der Waals surface area contributed by atoms with Crippen LogP contribution in [0.15, 0.2) is 22.7 Å². The molecule has 0 aromatic heterocycles. The van der Waals surface area contributed by atoms with Gasteiger partial charge in [-0.2, -0.15) is 0 Å². The fourth-order valence-corrected chi connectivity index (χ4v) is 3.08. The Morgan fingerprint density at radius 1 is 1.37 bits per heavy atom. The summed E-state index contributed by atoms with van der Waals surface area (Å²) in [5.41, 5.74) is 6.96. The fourth-order valence-electron chi connectivity index (χ4n) is 2.66. The molecule has 1 aliphatic heterocycles. The molecule has 2 fully saturated rings. The maximum Gasteiger partial charge on any atom is 0.252 e. The largest absolute Gasteiger partial charge is 0.399 e. The smallest absolute Gasteiger partial charge is 0.252 e. The lowest BCUT2D eigenvalue weighted by Crippen LogP contribution is -2.37. The van der Waals surface area contributed by atoms with Gasteiger partial charge in [-0.15, -0.1) is 0 Å². The topological polar surface area (TPSA) is 58.4 Å². The predicted octanol–water partition coefficient (Wildman–Crippen LogP) is 2.00. The number of benzene rings is 1. The molecule has 3 N–H and O–H groups in total. The number of hydrogen-bond acceptors (Lipinski definition) is 3. The third-order valence-corrected chi connectivity index (χ3v) is 4.54. The molecular formula is C14H18BrN3O. The van der Waals surface area contributed by atoms with Crippen molar-refractivity contribution in [3.05, 3.63) is 28.2 Å². The lowest BCUT2D eigenvalue weighted by molar-refractivity contribution is 0.0937. The van der Waals surface area contributed by atoms with E-state index < -0.39 is 0 Å². The van der Waals surface area contributed by atoms with Crippen molar-refractivity contribution in [1.82, 2.24) is 10.2 Å². The SMILES string of the molecule is Nc1ccc(Br)c(C(=O)NC2CCN(C3CC3)C2)c1. The highest BCUT2D eigenvalue weighted by Gasteiger charge is 2.34. The number of anilines is 1. The van der Waals surface area contributed by atoms with E-state index in [0.29, 0.717) is 11.3 Å². The normalized spacial score (nSPS) is 23.5. The van der Waals surface area contributed by atoms with Gasteiger partial charge >= 0.3 is 0 Å². The summed E-state index contributed by atoms with van der Waals surface area (Å²) in [4.78, 5) is 14.7. The summed E-state index contributed by atoms with van der Waals surface area (Å²) in [6.45, 7) is 2.09. The molecule has 0 spiro atoms. The molecule has 19 heavy (non-hydrogen) atoms. The van der Waals surface area contributed by atoms with Gasteiger partial charge in [0.2, 0.25) is 0 Å². The standard InChI is InChI=1S/C14H18BrN3O/c15-13-4-1-9(16)7-12(13)14(19)17-10-5-6-18(8-10)11-2-3-11/h1,4,7,10-11H,2-3,5-6,8,16H2,(H,17,19). The van der Waals surface area contributed by atoms with Gasteiger partial charge in [0.1, 0.15) is 0 Å². The molecule has 4 nitrogen and oxygen atoms in total. The number of nitrogens with zero attached hydrogens (tertiary/aromatic N) is 1. The molecule has 3 rings (SSSR count). The zero-order valence-corrected chi connectivity index (χ0v) is 12.3. The summed E-state index contributed by atoms with van der Waals surface area (Å²) in [6.07, 6.45) is 3.69. The average molecular weight is 324 g/mol. The first-order valence-corrected chi connectivity index (χ1v) is 7.53. The van der Waals surface area contributed by atoms with E-state index in [9.17, 15) is 4.79 Å². The van der Waals surface area contributed by atoms with Gasteiger partial charge in [0.05, 0.1) is 5.56 Å². The van der Waals surface area contributed by atoms with Crippen LogP contribution in [0.1, 0.15) is 29.6 Å². The minimum absolute atomic E-state index is 0.0400. The number of carbonyl (C=O) groups excluding carboxylic acids is 1. The highest BCUT2D eigenvalue weighted by Crippen LogP contribution is 2.30. The Hall–Kier alpha value is -1.07. The Bertz CT molecular complexity index is 501. The number of hydrogen-bond donors (Lipinski definition) is 2. The minimum Gasteiger partial charge on any atom is -0.399 e. The molecule has 1 saturated carbocycles. The average Bonchev–Trinajstić information content (AvgIpc) is 3.13. The van der Waals surface area contributed by atoms with E-state index in [2.05, 4.69) is 26.1 Å². The van der Waals surface area contributed by atoms with Crippen LogP contribution in [0.25, 0.3) is 0 Å². The van der Waals surface area contributed by atoms with Crippen LogP contribution in [0.3, 0.4) is 0 Å². The number of halogens is 1. The Morgan fingerprint density at radius 2 is 2.16 bits per heavy atom. The minimum atomic E-state index is -0.0400. The number of carbonyl (C=O) groups is 1. The van der Waals surface area contributed by atoms with Crippen molar-refractivity contribution in [2.45, 2.75) is 31.3 Å². The molecule has 1 amide bonds. The first-order chi connectivity index (χ1) is 9.13. The van der Waals surface area contributed by atoms with E-state index in [0.717, 1.165) is 30.0 Å². The third kappa shape index (κ3) is 2.92. The van der Waals surface area contributed by atoms with Crippen molar-refractivity contribution in [1.29, 1.82) is 0 Å². The van der Waals surface area contributed by atoms with Crippen LogP contribution >= 0.6 is 15.9 Å². The van der Waals surface area contributed by atoms with Gasteiger partial charge in [0, 0.05) is 35.3 Å². The van der Waals surface area contributed by atoms with Crippen LogP contribution in [-0.4, -0.2) is 36.0 Å². The number of nitrogens with two attached hydrogens (primary N) is 1. The van der Waals surface area contributed by atoms with E-state index in [-0.39, 0.29) is 11.9 Å². The van der Waals surface area contributed by atoms with Crippen LogP contribution < -0.4 is 11.1 Å². The number of rotatable bonds is 3. The van der Waals surface area contributed by atoms with E-state index >= 15 is 0 Å². The van der Waals surface area contributed by atoms with Crippen LogP contribution in [0, 0.1) is 0 Å². The van der Waals surface area contributed by atoms with Crippen LogP contribution in [0.4, 0.5) is 5.69 Å². The Balaban J connectivity index is 1.63. The van der Waals surface area contributed by atoms with Crippen molar-refractivity contribution < 1.29 is 4.79 Å². The van der Waals surface area contributed by atoms with Gasteiger partial charge in [-0.3, -0.25) is 9.69 Å². The molecule has 1 aromatic rings. The van der Waals surface area contributed by atoms with Gasteiger partial charge in [-0.1, -0.05) is 0 Å². The van der Waals surface area contributed by atoms with Crippen LogP contribution in [0.2, 0.25) is 0 Å². The summed E-state index contributed by atoms with van der Waals surface area (Å²) in [5, 5.41) is 3.11. The molecule has 1 aliphatic carbocycles. The zero-order valence-electron chi connectivity index (χ0n) is 10.7. The molecule has 1 aromatic carbocycles. The van der Waals surface area contributed by atoms with E-state index in [1.54, 1.807) is 12.1 Å². The second-order valence-electron chi connectivity index (χ2n) is 5.42. The Kier molecular flexibility index (Phi) is 3.50. The second kappa shape index (κ2) is 5.13. The molecule has 0 radical (unpaired) electrons. The van der Waals surface area contributed by atoms with Gasteiger partial charge in [-0.05, 0) is 53.4 Å². The van der Waals surface area contributed by atoms with Gasteiger partial charge in [0.25, 0.3) is 5.91 Å². The number of nitrogens with one attached hydrogen (secondary N) is 1. The van der Waals surface area contributed by atoms with Crippen molar-refractivity contribution in [3.8, 4) is 0 Å². The Labute approximate surface area is 121 Å². The zero-order chi connectivity index (χ0) is 13.4. The highest BCUT2D eigenvalue weighted by molar-refractivity contribution is 9.10. The summed E-state index contributed by atoms with van der Waals surface area (Å²) < 4.78 is 0.788. The maximum absolute atomic E-state index is 12.3. The lowest BCUT2D eigenvalue weighted by atomic mass is 10.1. The number of nitrogen functional groups attached to an aromatic ring is 1. The van der Waals surface area contributed by atoms with Gasteiger partial charge in [0.15, 0.2) is 0 Å². The molecule has 1 saturated heterocycles. The monoisotopic (exact) mass is 323 g/mol. The highest BCUT2D eigenvalue weighted by atomic mass is 79.9. The second-order valence-corrected chi connectivity index (χ2v) is 6.28. The van der Waals surface area contributed by atoms with Crippen molar-refractivity contribution >= 4 is 27.5 Å². The van der Waals surface area contributed by atoms with E-state index in [1.807, 2.05) is 6.07 Å². The van der Waals surface area contributed by atoms with Gasteiger partial charge in [-0.25, -0.2) is 0 Å². The van der Waals surface area contributed by atoms with Gasteiger partial charge < -0.3 is 11.1 Å². The number of likely N-dealkylation sites (tertiary alicyclic amines) is 1. The molecule has 1 unspecified atom stereocenters. The molecule has 1 heterocycles. The van der Waals surface area contributed by atoms with Crippen molar-refractivity contribution in [2.75, 3.05) is 18.8 Å². The van der Waals surface area contributed by atoms with Crippen molar-refractivity contribution in [3.63, 3.8) is 0 Å². The van der Waals surface area contributed by atoms with Crippen LogP contribution in [0.5, 0.6) is 0 Å². The van der Waals surface area contributed by atoms with E-state index in [4.69, 9.17) is 5.73 Å². The summed E-state index contributed by atoms with van der Waals surface area (Å²) in [7, 11) is 0. The third-order valence-electron chi connectivity index (χ3n) is 3.85. The lowest BCUT2D eigenvalue weighted by Gasteiger charge is -2.16. The molecule has 102 valence electrons. The Morgan fingerprint density at radius 3 is 2.89 bits per heavy atom. The summed E-state index contributed by atoms with van der Waals surface area (Å²) >= 11 is 3.40. The number of amides is 1. The maximum atomic E-state index is 12.3. The molecular weight excluding hydrogens is 306 g/mol. The first-order valence-electron chi connectivity index (χ1n) is 6.73.